The lowest BCUT2D eigenvalue weighted by Crippen LogP contribution is -2.28. The molecule has 0 spiro atoms. The third-order valence-electron chi connectivity index (χ3n) is 3.88. The molecule has 0 saturated heterocycles. The average molecular weight is 349 g/mol. The first-order chi connectivity index (χ1) is 12.7. The molecule has 0 fully saturated rings. The lowest BCUT2D eigenvalue weighted by molar-refractivity contribution is -0.121. The van der Waals surface area contributed by atoms with Crippen molar-refractivity contribution in [2.24, 2.45) is 0 Å². The summed E-state index contributed by atoms with van der Waals surface area (Å²) in [5.74, 6) is -0.253. The number of para-hydroxylation sites is 1. The summed E-state index contributed by atoms with van der Waals surface area (Å²) in [7, 11) is 0. The van der Waals surface area contributed by atoms with Crippen LogP contribution in [-0.4, -0.2) is 20.7 Å². The lowest BCUT2D eigenvalue weighted by atomic mass is 10.1. The van der Waals surface area contributed by atoms with Crippen LogP contribution in [0, 0.1) is 17.1 Å². The summed E-state index contributed by atoms with van der Waals surface area (Å²) in [5.41, 5.74) is 1.05. The van der Waals surface area contributed by atoms with Gasteiger partial charge in [-0.3, -0.25) is 9.36 Å². The first-order valence-electron chi connectivity index (χ1n) is 8.07. The predicted molar refractivity (Wildman–Crippen MR) is 92.6 cm³/mol. The molecule has 1 aromatic heterocycles. The number of benzene rings is 2. The van der Waals surface area contributed by atoms with Crippen LogP contribution in [-0.2, 0) is 11.2 Å². The van der Waals surface area contributed by atoms with Gasteiger partial charge in [0.15, 0.2) is 0 Å². The second-order valence-corrected chi connectivity index (χ2v) is 5.60. The number of carbonyl (C=O) groups excluding carboxylic acids is 1. The van der Waals surface area contributed by atoms with Gasteiger partial charge in [-0.25, -0.2) is 4.39 Å². The highest BCUT2D eigenvalue weighted by Crippen LogP contribution is 2.16. The van der Waals surface area contributed by atoms with Gasteiger partial charge in [0, 0.05) is 24.1 Å². The molecular weight excluding hydrogens is 333 g/mol. The Morgan fingerprint density at radius 3 is 2.65 bits per heavy atom. The fourth-order valence-corrected chi connectivity index (χ4v) is 2.58. The van der Waals surface area contributed by atoms with Gasteiger partial charge in [0.25, 0.3) is 0 Å². The Morgan fingerprint density at radius 2 is 1.92 bits per heavy atom. The van der Waals surface area contributed by atoms with Gasteiger partial charge >= 0.3 is 0 Å². The number of amides is 1. The number of nitrogens with zero attached hydrogens (tertiary/aromatic N) is 4. The maximum Gasteiger partial charge on any atom is 0.221 e. The molecule has 0 bridgehead atoms. The first kappa shape index (κ1) is 17.3. The van der Waals surface area contributed by atoms with Crippen molar-refractivity contribution in [1.82, 2.24) is 20.1 Å². The SMILES string of the molecule is N#C[C@@H](NC(=O)CCc1nncn1-c1ccccc1)c1ccccc1F. The normalized spacial score (nSPS) is 11.5. The van der Waals surface area contributed by atoms with Gasteiger partial charge in [0.1, 0.15) is 24.0 Å². The van der Waals surface area contributed by atoms with Crippen LogP contribution in [0.15, 0.2) is 60.9 Å². The maximum atomic E-state index is 13.8. The van der Waals surface area contributed by atoms with Crippen molar-refractivity contribution in [3.63, 3.8) is 0 Å². The van der Waals surface area contributed by atoms with Crippen molar-refractivity contribution >= 4 is 5.91 Å². The number of nitriles is 1. The van der Waals surface area contributed by atoms with Crippen LogP contribution < -0.4 is 5.32 Å². The molecule has 0 unspecified atom stereocenters. The van der Waals surface area contributed by atoms with Crippen molar-refractivity contribution in [3.05, 3.63) is 78.1 Å². The van der Waals surface area contributed by atoms with E-state index in [1.807, 2.05) is 36.4 Å². The molecule has 1 amide bonds. The second-order valence-electron chi connectivity index (χ2n) is 5.60. The topological polar surface area (TPSA) is 83.6 Å². The van der Waals surface area contributed by atoms with E-state index in [0.29, 0.717) is 12.2 Å². The minimum atomic E-state index is -1.03. The highest BCUT2D eigenvalue weighted by molar-refractivity contribution is 5.77. The van der Waals surface area contributed by atoms with Crippen LogP contribution in [0.4, 0.5) is 4.39 Å². The monoisotopic (exact) mass is 349 g/mol. The highest BCUT2D eigenvalue weighted by Gasteiger charge is 2.18. The summed E-state index contributed by atoms with van der Waals surface area (Å²) in [6.45, 7) is 0. The van der Waals surface area contributed by atoms with E-state index in [1.165, 1.54) is 18.2 Å². The molecule has 6 nitrogen and oxygen atoms in total. The molecule has 130 valence electrons. The van der Waals surface area contributed by atoms with E-state index < -0.39 is 11.9 Å². The number of nitrogens with one attached hydrogen (secondary N) is 1. The Labute approximate surface area is 149 Å². The zero-order valence-electron chi connectivity index (χ0n) is 13.8. The fraction of sp³-hybridized carbons (Fsp3) is 0.158. The highest BCUT2D eigenvalue weighted by atomic mass is 19.1. The average Bonchev–Trinajstić information content (AvgIpc) is 3.14. The third-order valence-corrected chi connectivity index (χ3v) is 3.88. The Morgan fingerprint density at radius 1 is 1.19 bits per heavy atom. The van der Waals surface area contributed by atoms with Gasteiger partial charge in [0.2, 0.25) is 5.91 Å². The molecule has 1 heterocycles. The Kier molecular flexibility index (Phi) is 5.34. The number of hydrogen-bond acceptors (Lipinski definition) is 4. The molecule has 1 N–H and O–H groups in total. The zero-order valence-corrected chi connectivity index (χ0v) is 13.8. The summed E-state index contributed by atoms with van der Waals surface area (Å²) < 4.78 is 15.6. The molecule has 0 aliphatic heterocycles. The van der Waals surface area contributed by atoms with Gasteiger partial charge in [-0.2, -0.15) is 5.26 Å². The molecule has 3 aromatic rings. The molecular formula is C19H16FN5O. The van der Waals surface area contributed by atoms with Crippen molar-refractivity contribution in [2.75, 3.05) is 0 Å². The summed E-state index contributed by atoms with van der Waals surface area (Å²) in [5, 5.41) is 19.7. The van der Waals surface area contributed by atoms with Gasteiger partial charge in [0.05, 0.1) is 6.07 Å². The van der Waals surface area contributed by atoms with Crippen LogP contribution >= 0.6 is 0 Å². The first-order valence-corrected chi connectivity index (χ1v) is 8.07. The minimum absolute atomic E-state index is 0.109. The van der Waals surface area contributed by atoms with Crippen molar-refractivity contribution in [3.8, 4) is 11.8 Å². The van der Waals surface area contributed by atoms with E-state index in [0.717, 1.165) is 5.69 Å². The van der Waals surface area contributed by atoms with E-state index in [1.54, 1.807) is 17.0 Å². The molecule has 0 radical (unpaired) electrons. The quantitative estimate of drug-likeness (QED) is 0.742. The number of carbonyl (C=O) groups is 1. The maximum absolute atomic E-state index is 13.8. The Bertz CT molecular complexity index is 932. The van der Waals surface area contributed by atoms with Gasteiger partial charge in [-0.15, -0.1) is 10.2 Å². The lowest BCUT2D eigenvalue weighted by Gasteiger charge is -2.13. The third kappa shape index (κ3) is 3.92. The van der Waals surface area contributed by atoms with E-state index in [-0.39, 0.29) is 17.9 Å². The molecule has 7 heteroatoms. The summed E-state index contributed by atoms with van der Waals surface area (Å²) in [6.07, 6.45) is 2.04. The van der Waals surface area contributed by atoms with Gasteiger partial charge in [-0.1, -0.05) is 36.4 Å². The molecule has 0 aliphatic rings. The van der Waals surface area contributed by atoms with E-state index in [9.17, 15) is 14.4 Å². The van der Waals surface area contributed by atoms with Crippen LogP contribution in [0.1, 0.15) is 23.9 Å². The summed E-state index contributed by atoms with van der Waals surface area (Å²) in [6, 6.07) is 16.3. The van der Waals surface area contributed by atoms with E-state index >= 15 is 0 Å². The molecule has 0 saturated carbocycles. The van der Waals surface area contributed by atoms with Crippen LogP contribution in [0.25, 0.3) is 5.69 Å². The summed E-state index contributed by atoms with van der Waals surface area (Å²) in [4.78, 5) is 12.2. The smallest absolute Gasteiger partial charge is 0.221 e. The molecule has 2 aromatic carbocycles. The minimum Gasteiger partial charge on any atom is -0.337 e. The van der Waals surface area contributed by atoms with Crippen LogP contribution in [0.3, 0.4) is 0 Å². The Balaban J connectivity index is 1.64. The standard InChI is InChI=1S/C19H16FN5O/c20-16-9-5-4-8-15(16)17(12-21)23-19(26)11-10-18-24-22-13-25(18)14-6-2-1-3-7-14/h1-9,13,17H,10-11H2,(H,23,26)/t17-/m1/s1. The van der Waals surface area contributed by atoms with Crippen molar-refractivity contribution < 1.29 is 9.18 Å². The fourth-order valence-electron chi connectivity index (χ4n) is 2.58. The molecule has 0 aliphatic carbocycles. The van der Waals surface area contributed by atoms with Crippen molar-refractivity contribution in [1.29, 1.82) is 5.26 Å². The van der Waals surface area contributed by atoms with Crippen molar-refractivity contribution in [2.45, 2.75) is 18.9 Å². The van der Waals surface area contributed by atoms with E-state index in [2.05, 4.69) is 15.5 Å². The predicted octanol–water partition coefficient (Wildman–Crippen LogP) is 2.72. The Hall–Kier alpha value is -3.53. The molecule has 26 heavy (non-hydrogen) atoms. The van der Waals surface area contributed by atoms with Crippen LogP contribution in [0.2, 0.25) is 0 Å². The largest absolute Gasteiger partial charge is 0.337 e. The van der Waals surface area contributed by atoms with Crippen LogP contribution in [0.5, 0.6) is 0 Å². The van der Waals surface area contributed by atoms with Gasteiger partial charge in [-0.05, 0) is 18.2 Å². The molecule has 1 atom stereocenters. The zero-order chi connectivity index (χ0) is 18.4. The number of aromatic nitrogens is 3. The summed E-state index contributed by atoms with van der Waals surface area (Å²) >= 11 is 0. The number of aryl methyl sites for hydroxylation is 1. The molecule has 3 rings (SSSR count). The number of halogens is 1. The number of rotatable bonds is 6. The van der Waals surface area contributed by atoms with Gasteiger partial charge < -0.3 is 5.32 Å². The van der Waals surface area contributed by atoms with E-state index in [4.69, 9.17) is 0 Å². The number of hydrogen-bond donors (Lipinski definition) is 1. The second kappa shape index (κ2) is 8.03.